The zero-order chi connectivity index (χ0) is 15.3. The summed E-state index contributed by atoms with van der Waals surface area (Å²) in [4.78, 5) is 0. The highest BCUT2D eigenvalue weighted by atomic mass is 32.2. The molecule has 1 saturated carbocycles. The molecule has 0 aromatic heterocycles. The third-order valence-electron chi connectivity index (χ3n) is 3.28. The molecule has 0 radical (unpaired) electrons. The molecule has 2 N–H and O–H groups in total. The molecule has 0 atom stereocenters. The maximum atomic E-state index is 13.5. The summed E-state index contributed by atoms with van der Waals surface area (Å²) >= 11 is 0. The maximum absolute atomic E-state index is 13.5. The summed E-state index contributed by atoms with van der Waals surface area (Å²) < 4.78 is 44.4. The van der Waals surface area contributed by atoms with Crippen molar-refractivity contribution in [3.05, 3.63) is 24.0 Å². The van der Waals surface area contributed by atoms with Crippen LogP contribution in [0.4, 0.5) is 10.1 Å². The Morgan fingerprint density at radius 2 is 2.10 bits per heavy atom. The minimum absolute atomic E-state index is 0.0347. The first-order valence-electron chi connectivity index (χ1n) is 7.07. The normalized spacial score (nSPS) is 15.0. The smallest absolute Gasteiger partial charge is 0.232 e. The Hall–Kier alpha value is -1.34. The molecule has 1 aliphatic carbocycles. The highest BCUT2D eigenvalue weighted by Gasteiger charge is 2.19. The summed E-state index contributed by atoms with van der Waals surface area (Å²) in [5.74, 6) is -0.470. The monoisotopic (exact) mass is 316 g/mol. The van der Waals surface area contributed by atoms with E-state index in [-0.39, 0.29) is 17.2 Å². The van der Waals surface area contributed by atoms with Gasteiger partial charge in [-0.15, -0.1) is 0 Å². The van der Waals surface area contributed by atoms with Gasteiger partial charge in [-0.2, -0.15) is 0 Å². The van der Waals surface area contributed by atoms with Crippen LogP contribution < -0.4 is 14.8 Å². The van der Waals surface area contributed by atoms with Crippen LogP contribution in [0.25, 0.3) is 0 Å². The first-order chi connectivity index (χ1) is 10.00. The highest BCUT2D eigenvalue weighted by Crippen LogP contribution is 2.21. The van der Waals surface area contributed by atoms with E-state index in [0.29, 0.717) is 12.5 Å². The van der Waals surface area contributed by atoms with Gasteiger partial charge in [0.25, 0.3) is 0 Å². The lowest BCUT2D eigenvalue weighted by Gasteiger charge is -2.09. The third-order valence-corrected chi connectivity index (χ3v) is 4.65. The molecule has 0 amide bonds. The maximum Gasteiger partial charge on any atom is 0.232 e. The van der Waals surface area contributed by atoms with Crippen LogP contribution >= 0.6 is 0 Å². The van der Waals surface area contributed by atoms with E-state index in [9.17, 15) is 12.8 Å². The van der Waals surface area contributed by atoms with Gasteiger partial charge in [0.15, 0.2) is 11.6 Å². The molecule has 2 rings (SSSR count). The second-order valence-corrected chi connectivity index (χ2v) is 7.05. The number of methoxy groups -OCH3 is 1. The van der Waals surface area contributed by atoms with Crippen molar-refractivity contribution in [2.75, 3.05) is 24.1 Å². The zero-order valence-corrected chi connectivity index (χ0v) is 12.9. The summed E-state index contributed by atoms with van der Waals surface area (Å²) in [5.41, 5.74) is 0.212. The van der Waals surface area contributed by atoms with Crippen LogP contribution in [0.5, 0.6) is 5.75 Å². The Morgan fingerprint density at radius 1 is 1.33 bits per heavy atom. The van der Waals surface area contributed by atoms with Crippen LogP contribution in [-0.2, 0) is 10.0 Å². The second-order valence-electron chi connectivity index (χ2n) is 5.21. The number of anilines is 1. The molecule has 118 valence electrons. The Kier molecular flexibility index (Phi) is 5.41. The van der Waals surface area contributed by atoms with Crippen LogP contribution in [0.3, 0.4) is 0 Å². The lowest BCUT2D eigenvalue weighted by atomic mass is 10.3. The van der Waals surface area contributed by atoms with Gasteiger partial charge in [0.1, 0.15) is 0 Å². The van der Waals surface area contributed by atoms with Crippen molar-refractivity contribution in [2.45, 2.75) is 31.7 Å². The van der Waals surface area contributed by atoms with E-state index in [2.05, 4.69) is 10.0 Å². The van der Waals surface area contributed by atoms with Crippen LogP contribution in [-0.4, -0.2) is 33.9 Å². The van der Waals surface area contributed by atoms with E-state index in [1.165, 1.54) is 32.1 Å². The van der Waals surface area contributed by atoms with Gasteiger partial charge < -0.3 is 10.1 Å². The average molecular weight is 316 g/mol. The van der Waals surface area contributed by atoms with E-state index in [0.717, 1.165) is 19.0 Å². The van der Waals surface area contributed by atoms with Crippen molar-refractivity contribution in [3.63, 3.8) is 0 Å². The van der Waals surface area contributed by atoms with Gasteiger partial charge in [-0.1, -0.05) is 0 Å². The fourth-order valence-corrected chi connectivity index (χ4v) is 3.14. The number of rotatable bonds is 9. The molecular formula is C14H21FN2O3S. The second kappa shape index (κ2) is 7.09. The molecule has 0 spiro atoms. The Bertz CT molecular complexity index is 574. The summed E-state index contributed by atoms with van der Waals surface area (Å²) in [6.07, 6.45) is 3.84. The first-order valence-corrected chi connectivity index (χ1v) is 8.73. The van der Waals surface area contributed by atoms with Gasteiger partial charge in [0.05, 0.1) is 18.6 Å². The van der Waals surface area contributed by atoms with Gasteiger partial charge in [-0.3, -0.25) is 4.72 Å². The lowest BCUT2D eigenvalue weighted by molar-refractivity contribution is 0.386. The van der Waals surface area contributed by atoms with Crippen LogP contribution in [0.15, 0.2) is 18.2 Å². The number of sulfonamides is 1. The predicted octanol–water partition coefficient (Wildman–Crippen LogP) is 2.11. The average Bonchev–Trinajstić information content (AvgIpc) is 3.22. The first kappa shape index (κ1) is 16.0. The number of unbranched alkanes of at least 4 members (excludes halogenated alkanes) is 1. The molecule has 0 bridgehead atoms. The van der Waals surface area contributed by atoms with E-state index in [1.54, 1.807) is 0 Å². The van der Waals surface area contributed by atoms with Crippen molar-refractivity contribution >= 4 is 15.7 Å². The molecule has 21 heavy (non-hydrogen) atoms. The summed E-state index contributed by atoms with van der Waals surface area (Å²) in [6, 6.07) is 4.63. The molecule has 0 saturated heterocycles. The van der Waals surface area contributed by atoms with E-state index in [4.69, 9.17) is 4.74 Å². The highest BCUT2D eigenvalue weighted by molar-refractivity contribution is 7.92. The van der Waals surface area contributed by atoms with E-state index >= 15 is 0 Å². The lowest BCUT2D eigenvalue weighted by Crippen LogP contribution is -2.20. The molecule has 1 aromatic carbocycles. The molecule has 0 aliphatic heterocycles. The third kappa shape index (κ3) is 5.51. The SMILES string of the molecule is COc1ccc(NS(=O)(=O)CCCCNC2CC2)cc1F. The molecule has 1 aliphatic rings. The Labute approximate surface area is 124 Å². The largest absolute Gasteiger partial charge is 0.494 e. The fourth-order valence-electron chi connectivity index (χ4n) is 1.97. The van der Waals surface area contributed by atoms with Gasteiger partial charge in [-0.25, -0.2) is 12.8 Å². The van der Waals surface area contributed by atoms with Crippen LogP contribution in [0.1, 0.15) is 25.7 Å². The van der Waals surface area contributed by atoms with E-state index < -0.39 is 15.8 Å². The molecule has 0 unspecified atom stereocenters. The number of hydrogen-bond acceptors (Lipinski definition) is 4. The Morgan fingerprint density at radius 3 is 2.71 bits per heavy atom. The van der Waals surface area contributed by atoms with Crippen molar-refractivity contribution in [2.24, 2.45) is 0 Å². The Balaban J connectivity index is 1.77. The molecule has 7 heteroatoms. The van der Waals surface area contributed by atoms with Crippen molar-refractivity contribution < 1.29 is 17.5 Å². The number of benzene rings is 1. The molecule has 0 heterocycles. The fraction of sp³-hybridized carbons (Fsp3) is 0.571. The number of halogens is 1. The van der Waals surface area contributed by atoms with Crippen molar-refractivity contribution in [3.8, 4) is 5.75 Å². The van der Waals surface area contributed by atoms with Crippen molar-refractivity contribution in [1.82, 2.24) is 5.32 Å². The van der Waals surface area contributed by atoms with E-state index in [1.807, 2.05) is 0 Å². The van der Waals surface area contributed by atoms with Gasteiger partial charge >= 0.3 is 0 Å². The quantitative estimate of drug-likeness (QED) is 0.685. The molecular weight excluding hydrogens is 295 g/mol. The van der Waals surface area contributed by atoms with Crippen LogP contribution in [0, 0.1) is 5.82 Å². The number of hydrogen-bond donors (Lipinski definition) is 2. The molecule has 1 aromatic rings. The number of nitrogens with one attached hydrogen (secondary N) is 2. The zero-order valence-electron chi connectivity index (χ0n) is 12.1. The molecule has 5 nitrogen and oxygen atoms in total. The summed E-state index contributed by atoms with van der Waals surface area (Å²) in [5, 5.41) is 3.33. The predicted molar refractivity (Wildman–Crippen MR) is 80.6 cm³/mol. The number of ether oxygens (including phenoxy) is 1. The summed E-state index contributed by atoms with van der Waals surface area (Å²) in [7, 11) is -2.08. The van der Waals surface area contributed by atoms with Crippen LogP contribution in [0.2, 0.25) is 0 Å². The van der Waals surface area contributed by atoms with Gasteiger partial charge in [0.2, 0.25) is 10.0 Å². The minimum Gasteiger partial charge on any atom is -0.494 e. The molecule has 1 fully saturated rings. The topological polar surface area (TPSA) is 67.4 Å². The minimum atomic E-state index is -3.44. The van der Waals surface area contributed by atoms with Crippen molar-refractivity contribution in [1.29, 1.82) is 0 Å². The standard InChI is InChI=1S/C14H21FN2O3S/c1-20-14-7-6-12(10-13(14)15)17-21(18,19)9-3-2-8-16-11-4-5-11/h6-7,10-11,16-17H,2-5,8-9H2,1H3. The van der Waals surface area contributed by atoms with Gasteiger partial charge in [-0.05, 0) is 44.4 Å². The summed E-state index contributed by atoms with van der Waals surface area (Å²) in [6.45, 7) is 0.845. The van der Waals surface area contributed by atoms with Gasteiger partial charge in [0, 0.05) is 12.1 Å².